The Morgan fingerprint density at radius 1 is 1.50 bits per heavy atom. The number of hydrogen-bond acceptors (Lipinski definition) is 3. The van der Waals surface area contributed by atoms with E-state index >= 15 is 0 Å². The maximum absolute atomic E-state index is 11.2. The molecule has 1 aliphatic rings. The van der Waals surface area contributed by atoms with Crippen molar-refractivity contribution in [1.29, 1.82) is 0 Å². The van der Waals surface area contributed by atoms with Crippen LogP contribution in [0.15, 0.2) is 21.5 Å². The van der Waals surface area contributed by atoms with Crippen molar-refractivity contribution in [3.63, 3.8) is 0 Å². The molecule has 1 fully saturated rings. The highest BCUT2D eigenvalue weighted by Crippen LogP contribution is 2.23. The van der Waals surface area contributed by atoms with Gasteiger partial charge in [0.05, 0.1) is 6.42 Å². The summed E-state index contributed by atoms with van der Waals surface area (Å²) in [7, 11) is 0. The Kier molecular flexibility index (Phi) is 2.52. The van der Waals surface area contributed by atoms with Gasteiger partial charge in [-0.2, -0.15) is 0 Å². The Morgan fingerprint density at radius 3 is 2.79 bits per heavy atom. The summed E-state index contributed by atoms with van der Waals surface area (Å²) in [5, 5.41) is 4.17. The summed E-state index contributed by atoms with van der Waals surface area (Å²) in [6.45, 7) is 0. The van der Waals surface area contributed by atoms with E-state index in [1.807, 2.05) is 11.4 Å². The molecule has 0 aliphatic carbocycles. The average molecular weight is 272 g/mol. The number of carbonyl (C=O) groups excluding carboxylic acids is 2. The molecule has 1 aliphatic heterocycles. The van der Waals surface area contributed by atoms with Gasteiger partial charge in [-0.1, -0.05) is 0 Å². The van der Waals surface area contributed by atoms with Crippen LogP contribution in [0.4, 0.5) is 0 Å². The molecular weight excluding hydrogens is 266 g/mol. The van der Waals surface area contributed by atoms with Crippen LogP contribution in [-0.2, 0) is 9.59 Å². The van der Waals surface area contributed by atoms with E-state index in [-0.39, 0.29) is 18.2 Å². The fourth-order valence-corrected chi connectivity index (χ4v) is 2.60. The van der Waals surface area contributed by atoms with Crippen molar-refractivity contribution in [2.24, 2.45) is 0 Å². The highest BCUT2D eigenvalue weighted by Gasteiger charge is 2.23. The highest BCUT2D eigenvalue weighted by molar-refractivity contribution is 9.10. The van der Waals surface area contributed by atoms with Gasteiger partial charge in [-0.3, -0.25) is 14.9 Å². The third-order valence-corrected chi connectivity index (χ3v) is 3.44. The second-order valence-corrected chi connectivity index (χ2v) is 4.75. The standard InChI is InChI=1S/C9H6BrNO2S/c10-6-3-7(14-4-6)1-5-2-8(12)11-9(5)13/h1,3-4H,2H2,(H,11,12,13). The second-order valence-electron chi connectivity index (χ2n) is 2.89. The fourth-order valence-electron chi connectivity index (χ4n) is 1.20. The van der Waals surface area contributed by atoms with Crippen LogP contribution in [0.1, 0.15) is 11.3 Å². The van der Waals surface area contributed by atoms with Crippen LogP contribution in [0, 0.1) is 0 Å². The Morgan fingerprint density at radius 2 is 2.29 bits per heavy atom. The number of amides is 2. The van der Waals surface area contributed by atoms with Crippen molar-refractivity contribution in [3.05, 3.63) is 26.4 Å². The third kappa shape index (κ3) is 1.93. The van der Waals surface area contributed by atoms with E-state index in [2.05, 4.69) is 21.2 Å². The summed E-state index contributed by atoms with van der Waals surface area (Å²) in [6.07, 6.45) is 1.93. The van der Waals surface area contributed by atoms with E-state index in [1.165, 1.54) is 11.3 Å². The van der Waals surface area contributed by atoms with E-state index < -0.39 is 0 Å². The first-order chi connectivity index (χ1) is 6.65. The molecule has 0 aromatic carbocycles. The van der Waals surface area contributed by atoms with Gasteiger partial charge >= 0.3 is 0 Å². The largest absolute Gasteiger partial charge is 0.292 e. The van der Waals surface area contributed by atoms with Gasteiger partial charge in [0, 0.05) is 20.3 Å². The van der Waals surface area contributed by atoms with E-state index in [4.69, 9.17) is 0 Å². The summed E-state index contributed by atoms with van der Waals surface area (Å²) < 4.78 is 0.985. The normalized spacial score (nSPS) is 19.1. The maximum Gasteiger partial charge on any atom is 0.254 e. The van der Waals surface area contributed by atoms with E-state index in [1.54, 1.807) is 6.08 Å². The molecular formula is C9H6BrNO2S. The first kappa shape index (κ1) is 9.61. The van der Waals surface area contributed by atoms with Crippen molar-refractivity contribution in [1.82, 2.24) is 5.32 Å². The van der Waals surface area contributed by atoms with Crippen molar-refractivity contribution >= 4 is 45.2 Å². The van der Waals surface area contributed by atoms with Crippen molar-refractivity contribution in [2.75, 3.05) is 0 Å². The summed E-state index contributed by atoms with van der Waals surface area (Å²) in [5.41, 5.74) is 0.532. The van der Waals surface area contributed by atoms with Gasteiger partial charge in [-0.05, 0) is 28.1 Å². The number of imide groups is 1. The first-order valence-electron chi connectivity index (χ1n) is 3.94. The zero-order chi connectivity index (χ0) is 10.1. The van der Waals surface area contributed by atoms with Crippen LogP contribution in [-0.4, -0.2) is 11.8 Å². The smallest absolute Gasteiger partial charge is 0.254 e. The van der Waals surface area contributed by atoms with Crippen LogP contribution >= 0.6 is 27.3 Å². The molecule has 0 unspecified atom stereocenters. The molecule has 0 atom stereocenters. The maximum atomic E-state index is 11.2. The van der Waals surface area contributed by atoms with Crippen molar-refractivity contribution in [2.45, 2.75) is 6.42 Å². The lowest BCUT2D eigenvalue weighted by Crippen LogP contribution is -2.19. The number of thiophene rings is 1. The third-order valence-electron chi connectivity index (χ3n) is 1.80. The minimum Gasteiger partial charge on any atom is -0.292 e. The van der Waals surface area contributed by atoms with Crippen LogP contribution in [0.2, 0.25) is 0 Å². The van der Waals surface area contributed by atoms with Crippen LogP contribution in [0.5, 0.6) is 0 Å². The van der Waals surface area contributed by atoms with Crippen molar-refractivity contribution in [3.8, 4) is 0 Å². The molecule has 1 N–H and O–H groups in total. The molecule has 0 bridgehead atoms. The number of hydrogen-bond donors (Lipinski definition) is 1. The monoisotopic (exact) mass is 271 g/mol. The first-order valence-corrected chi connectivity index (χ1v) is 5.61. The highest BCUT2D eigenvalue weighted by atomic mass is 79.9. The van der Waals surface area contributed by atoms with Gasteiger partial charge in [-0.25, -0.2) is 0 Å². The Labute approximate surface area is 92.9 Å². The quantitative estimate of drug-likeness (QED) is 0.627. The molecule has 0 spiro atoms. The van der Waals surface area contributed by atoms with E-state index in [0.29, 0.717) is 5.57 Å². The molecule has 72 valence electrons. The SMILES string of the molecule is O=C1CC(=Cc2cc(Br)cs2)C(=O)N1. The number of nitrogens with one attached hydrogen (secondary N) is 1. The van der Waals surface area contributed by atoms with E-state index in [0.717, 1.165) is 9.35 Å². The zero-order valence-electron chi connectivity index (χ0n) is 7.04. The molecule has 1 aromatic heterocycles. The molecule has 2 heterocycles. The van der Waals surface area contributed by atoms with Gasteiger partial charge in [0.15, 0.2) is 0 Å². The molecule has 2 amide bonds. The predicted octanol–water partition coefficient (Wildman–Crippen LogP) is 1.94. The molecule has 0 saturated carbocycles. The minimum atomic E-state index is -0.278. The minimum absolute atomic E-state index is 0.189. The molecule has 14 heavy (non-hydrogen) atoms. The lowest BCUT2D eigenvalue weighted by atomic mass is 10.2. The summed E-state index contributed by atoms with van der Waals surface area (Å²) >= 11 is 4.85. The second kappa shape index (κ2) is 3.67. The predicted molar refractivity (Wildman–Crippen MR) is 57.8 cm³/mol. The van der Waals surface area contributed by atoms with Gasteiger partial charge in [0.1, 0.15) is 0 Å². The van der Waals surface area contributed by atoms with E-state index in [9.17, 15) is 9.59 Å². The van der Waals surface area contributed by atoms with Crippen LogP contribution in [0.25, 0.3) is 6.08 Å². The average Bonchev–Trinajstić information content (AvgIpc) is 2.61. The fraction of sp³-hybridized carbons (Fsp3) is 0.111. The Bertz CT molecular complexity index is 436. The van der Waals surface area contributed by atoms with Gasteiger partial charge in [-0.15, -0.1) is 11.3 Å². The summed E-state index contributed by atoms with van der Waals surface area (Å²) in [5.74, 6) is -0.503. The lowest BCUT2D eigenvalue weighted by Gasteiger charge is -1.88. The summed E-state index contributed by atoms with van der Waals surface area (Å²) in [6, 6.07) is 1.91. The number of rotatable bonds is 1. The molecule has 3 nitrogen and oxygen atoms in total. The number of halogens is 1. The zero-order valence-corrected chi connectivity index (χ0v) is 9.44. The van der Waals surface area contributed by atoms with Crippen LogP contribution in [0.3, 0.4) is 0 Å². The molecule has 2 rings (SSSR count). The summed E-state index contributed by atoms with van der Waals surface area (Å²) in [4.78, 5) is 23.0. The van der Waals surface area contributed by atoms with Gasteiger partial charge in [0.25, 0.3) is 5.91 Å². The van der Waals surface area contributed by atoms with Crippen LogP contribution < -0.4 is 5.32 Å². The Balaban J connectivity index is 2.27. The van der Waals surface area contributed by atoms with Gasteiger partial charge < -0.3 is 0 Å². The molecule has 1 aromatic rings. The molecule has 5 heteroatoms. The van der Waals surface area contributed by atoms with Crippen molar-refractivity contribution < 1.29 is 9.59 Å². The molecule has 1 saturated heterocycles. The lowest BCUT2D eigenvalue weighted by molar-refractivity contribution is -0.124. The topological polar surface area (TPSA) is 46.2 Å². The Hall–Kier alpha value is -0.940. The molecule has 0 radical (unpaired) electrons. The van der Waals surface area contributed by atoms with Gasteiger partial charge in [0.2, 0.25) is 5.91 Å². The number of carbonyl (C=O) groups is 2.